The van der Waals surface area contributed by atoms with Crippen LogP contribution in [0.25, 0.3) is 21.7 Å². The Labute approximate surface area is 153 Å². The van der Waals surface area contributed by atoms with Crippen LogP contribution in [0.3, 0.4) is 0 Å². The minimum Gasteiger partial charge on any atom is -0.455 e. The van der Waals surface area contributed by atoms with Gasteiger partial charge in [-0.2, -0.15) is 5.10 Å². The molecule has 0 N–H and O–H groups in total. The maximum absolute atomic E-state index is 12.6. The van der Waals surface area contributed by atoms with E-state index in [1.54, 1.807) is 35.2 Å². The molecule has 0 radical (unpaired) electrons. The Morgan fingerprint density at radius 1 is 1.35 bits per heavy atom. The molecule has 4 aromatic heterocycles. The fourth-order valence-corrected chi connectivity index (χ4v) is 3.54. The summed E-state index contributed by atoms with van der Waals surface area (Å²) in [4.78, 5) is 18.1. The number of nitrogens with zero attached hydrogens (tertiary/aromatic N) is 4. The van der Waals surface area contributed by atoms with Crippen LogP contribution in [-0.4, -0.2) is 25.9 Å². The van der Waals surface area contributed by atoms with Crippen LogP contribution < -0.4 is 0 Å². The summed E-state index contributed by atoms with van der Waals surface area (Å²) >= 11 is 1.56. The van der Waals surface area contributed by atoms with Crippen LogP contribution in [0.4, 0.5) is 0 Å². The van der Waals surface area contributed by atoms with Crippen LogP contribution in [0.2, 0.25) is 0 Å². The van der Waals surface area contributed by atoms with E-state index < -0.39 is 5.97 Å². The normalized spacial score (nSPS) is 11.2. The average Bonchev–Trinajstić information content (AvgIpc) is 3.33. The van der Waals surface area contributed by atoms with Crippen LogP contribution in [0.1, 0.15) is 27.4 Å². The number of hydrogen-bond donors (Lipinski definition) is 0. The van der Waals surface area contributed by atoms with Crippen molar-refractivity contribution in [3.63, 3.8) is 0 Å². The molecule has 0 bridgehead atoms. The molecule has 0 aromatic carbocycles. The van der Waals surface area contributed by atoms with Gasteiger partial charge in [-0.15, -0.1) is 11.3 Å². The summed E-state index contributed by atoms with van der Waals surface area (Å²) in [5.41, 5.74) is 3.15. The van der Waals surface area contributed by atoms with Gasteiger partial charge < -0.3 is 9.26 Å². The fourth-order valence-electron chi connectivity index (χ4n) is 2.86. The standard InChI is InChI=1S/C18H16N4O3S/c1-10-7-13(16-11(2)20-22(3)17(16)19-10)18(23)24-9-12-8-14(25-21-12)15-5-4-6-26-15/h4-8H,9H2,1-3H3. The molecule has 26 heavy (non-hydrogen) atoms. The van der Waals surface area contributed by atoms with E-state index in [1.165, 1.54) is 0 Å². The van der Waals surface area contributed by atoms with Crippen LogP contribution in [0, 0.1) is 13.8 Å². The monoisotopic (exact) mass is 368 g/mol. The number of ether oxygens (including phenoxy) is 1. The van der Waals surface area contributed by atoms with E-state index in [2.05, 4.69) is 15.2 Å². The summed E-state index contributed by atoms with van der Waals surface area (Å²) < 4.78 is 12.4. The Hall–Kier alpha value is -3.00. The molecular weight excluding hydrogens is 352 g/mol. The molecule has 4 aromatic rings. The Balaban J connectivity index is 1.57. The molecule has 0 spiro atoms. The molecule has 4 heterocycles. The van der Waals surface area contributed by atoms with E-state index in [1.807, 2.05) is 31.4 Å². The third-order valence-electron chi connectivity index (χ3n) is 3.99. The third-order valence-corrected chi connectivity index (χ3v) is 4.88. The van der Waals surface area contributed by atoms with Gasteiger partial charge in [0.25, 0.3) is 0 Å². The highest BCUT2D eigenvalue weighted by atomic mass is 32.1. The minimum atomic E-state index is -0.433. The predicted molar refractivity (Wildman–Crippen MR) is 96.9 cm³/mol. The first-order valence-corrected chi connectivity index (χ1v) is 8.88. The van der Waals surface area contributed by atoms with Gasteiger partial charge >= 0.3 is 5.97 Å². The smallest absolute Gasteiger partial charge is 0.339 e. The number of rotatable bonds is 4. The lowest BCUT2D eigenvalue weighted by atomic mass is 10.1. The highest BCUT2D eigenvalue weighted by molar-refractivity contribution is 7.13. The largest absolute Gasteiger partial charge is 0.455 e. The molecular formula is C18H16N4O3S. The van der Waals surface area contributed by atoms with Gasteiger partial charge in [0.2, 0.25) is 0 Å². The Bertz CT molecular complexity index is 1100. The molecule has 132 valence electrons. The van der Waals surface area contributed by atoms with Crippen molar-refractivity contribution in [1.82, 2.24) is 19.9 Å². The maximum Gasteiger partial charge on any atom is 0.339 e. The zero-order valence-corrected chi connectivity index (χ0v) is 15.3. The van der Waals surface area contributed by atoms with Gasteiger partial charge in [-0.3, -0.25) is 4.68 Å². The first-order valence-electron chi connectivity index (χ1n) is 8.00. The summed E-state index contributed by atoms with van der Waals surface area (Å²) in [6.45, 7) is 3.72. The molecule has 4 rings (SSSR count). The molecule has 0 atom stereocenters. The minimum absolute atomic E-state index is 0.0376. The predicted octanol–water partition coefficient (Wildman–Crippen LogP) is 3.66. The molecule has 0 fully saturated rings. The quantitative estimate of drug-likeness (QED) is 0.511. The molecule has 0 unspecified atom stereocenters. The van der Waals surface area contributed by atoms with Crippen LogP contribution in [0.5, 0.6) is 0 Å². The summed E-state index contributed by atoms with van der Waals surface area (Å²) in [7, 11) is 1.80. The summed E-state index contributed by atoms with van der Waals surface area (Å²) in [6.07, 6.45) is 0. The highest BCUT2D eigenvalue weighted by Gasteiger charge is 2.19. The van der Waals surface area contributed by atoms with E-state index >= 15 is 0 Å². The number of aryl methyl sites for hydroxylation is 3. The molecule has 0 saturated carbocycles. The van der Waals surface area contributed by atoms with Crippen molar-refractivity contribution >= 4 is 28.3 Å². The third kappa shape index (κ3) is 2.88. The van der Waals surface area contributed by atoms with Crippen molar-refractivity contribution < 1.29 is 14.1 Å². The number of carbonyl (C=O) groups is 1. The van der Waals surface area contributed by atoms with E-state index in [0.29, 0.717) is 28.1 Å². The number of carbonyl (C=O) groups excluding carboxylic acids is 1. The number of fused-ring (bicyclic) bond motifs is 1. The molecule has 0 aliphatic heterocycles. The van der Waals surface area contributed by atoms with Gasteiger partial charge in [0.1, 0.15) is 12.3 Å². The van der Waals surface area contributed by atoms with Gasteiger partial charge in [0.05, 0.1) is 21.5 Å². The van der Waals surface area contributed by atoms with E-state index in [-0.39, 0.29) is 6.61 Å². The second-order valence-corrected chi connectivity index (χ2v) is 6.90. The highest BCUT2D eigenvalue weighted by Crippen LogP contribution is 2.26. The second kappa shape index (κ2) is 6.38. The van der Waals surface area contributed by atoms with Gasteiger partial charge in [-0.05, 0) is 31.4 Å². The van der Waals surface area contributed by atoms with Crippen LogP contribution in [0.15, 0.2) is 34.2 Å². The summed E-state index contributed by atoms with van der Waals surface area (Å²) in [6, 6.07) is 7.39. The van der Waals surface area contributed by atoms with Gasteiger partial charge in [-0.1, -0.05) is 11.2 Å². The molecule has 8 heteroatoms. The molecule has 7 nitrogen and oxygen atoms in total. The Kier molecular flexibility index (Phi) is 4.04. The van der Waals surface area contributed by atoms with E-state index in [4.69, 9.17) is 9.26 Å². The van der Waals surface area contributed by atoms with Crippen molar-refractivity contribution in [3.8, 4) is 10.6 Å². The SMILES string of the molecule is Cc1cc(C(=O)OCc2cc(-c3cccs3)on2)c2c(C)nn(C)c2n1. The van der Waals surface area contributed by atoms with Gasteiger partial charge in [0, 0.05) is 18.8 Å². The zero-order valence-electron chi connectivity index (χ0n) is 14.5. The maximum atomic E-state index is 12.6. The molecule has 0 amide bonds. The molecule has 0 saturated heterocycles. The van der Waals surface area contributed by atoms with E-state index in [9.17, 15) is 4.79 Å². The number of pyridine rings is 1. The molecule has 0 aliphatic rings. The number of aromatic nitrogens is 4. The number of hydrogen-bond acceptors (Lipinski definition) is 7. The summed E-state index contributed by atoms with van der Waals surface area (Å²) in [5, 5.41) is 11.0. The lowest BCUT2D eigenvalue weighted by Gasteiger charge is -2.06. The zero-order chi connectivity index (χ0) is 18.3. The Morgan fingerprint density at radius 3 is 2.96 bits per heavy atom. The number of thiophene rings is 1. The fraction of sp³-hybridized carbons (Fsp3) is 0.222. The van der Waals surface area contributed by atoms with E-state index in [0.717, 1.165) is 16.3 Å². The summed E-state index contributed by atoms with van der Waals surface area (Å²) in [5.74, 6) is 0.230. The first kappa shape index (κ1) is 16.5. The van der Waals surface area contributed by atoms with Crippen LogP contribution >= 0.6 is 11.3 Å². The van der Waals surface area contributed by atoms with Gasteiger partial charge in [0.15, 0.2) is 11.4 Å². The van der Waals surface area contributed by atoms with Crippen molar-refractivity contribution in [2.24, 2.45) is 7.05 Å². The Morgan fingerprint density at radius 2 is 2.19 bits per heavy atom. The molecule has 0 aliphatic carbocycles. The average molecular weight is 368 g/mol. The van der Waals surface area contributed by atoms with Crippen molar-refractivity contribution in [2.45, 2.75) is 20.5 Å². The van der Waals surface area contributed by atoms with Crippen molar-refractivity contribution in [3.05, 3.63) is 52.3 Å². The van der Waals surface area contributed by atoms with Crippen molar-refractivity contribution in [1.29, 1.82) is 0 Å². The topological polar surface area (TPSA) is 83.0 Å². The lowest BCUT2D eigenvalue weighted by Crippen LogP contribution is -2.07. The number of esters is 1. The second-order valence-electron chi connectivity index (χ2n) is 5.95. The first-order chi connectivity index (χ1) is 12.5. The van der Waals surface area contributed by atoms with Gasteiger partial charge in [-0.25, -0.2) is 9.78 Å². The van der Waals surface area contributed by atoms with Crippen molar-refractivity contribution in [2.75, 3.05) is 0 Å². The van der Waals surface area contributed by atoms with Crippen LogP contribution in [-0.2, 0) is 18.4 Å². The lowest BCUT2D eigenvalue weighted by molar-refractivity contribution is 0.0466.